The minimum Gasteiger partial charge on any atom is -0.396 e. The zero-order chi connectivity index (χ0) is 14.8. The summed E-state index contributed by atoms with van der Waals surface area (Å²) in [5.41, 5.74) is 0.875. The SMILES string of the molecule is CC(C)c1csc(NS(=O)(=O)c2ccc(CCO)s2)n1. The van der Waals surface area contributed by atoms with E-state index in [4.69, 9.17) is 5.11 Å². The third kappa shape index (κ3) is 3.57. The number of thiophene rings is 1. The standard InChI is InChI=1S/C12H16N2O3S3/c1-8(2)10-7-18-12(13-10)14-20(16,17)11-4-3-9(19-11)5-6-15/h3-4,7-8,15H,5-6H2,1-2H3,(H,13,14). The Morgan fingerprint density at radius 3 is 2.75 bits per heavy atom. The number of nitrogens with one attached hydrogen (secondary N) is 1. The lowest BCUT2D eigenvalue weighted by Crippen LogP contribution is -2.11. The molecule has 2 rings (SSSR count). The Labute approximate surface area is 126 Å². The van der Waals surface area contributed by atoms with Gasteiger partial charge in [-0.2, -0.15) is 0 Å². The summed E-state index contributed by atoms with van der Waals surface area (Å²) in [4.78, 5) is 5.10. The van der Waals surface area contributed by atoms with E-state index in [9.17, 15) is 8.42 Å². The predicted molar refractivity (Wildman–Crippen MR) is 82.1 cm³/mol. The van der Waals surface area contributed by atoms with Crippen molar-refractivity contribution in [1.82, 2.24) is 4.98 Å². The number of rotatable bonds is 6. The van der Waals surface area contributed by atoms with Gasteiger partial charge in [-0.05, 0) is 18.1 Å². The fourth-order valence-corrected chi connectivity index (χ4v) is 4.98. The number of aromatic nitrogens is 1. The molecule has 2 aromatic heterocycles. The van der Waals surface area contributed by atoms with Gasteiger partial charge in [-0.15, -0.1) is 22.7 Å². The van der Waals surface area contributed by atoms with E-state index >= 15 is 0 Å². The lowest BCUT2D eigenvalue weighted by molar-refractivity contribution is 0.300. The summed E-state index contributed by atoms with van der Waals surface area (Å²) in [5, 5.41) is 11.1. The summed E-state index contributed by atoms with van der Waals surface area (Å²) >= 11 is 2.44. The highest BCUT2D eigenvalue weighted by Crippen LogP contribution is 2.27. The molecule has 2 aromatic rings. The summed E-state index contributed by atoms with van der Waals surface area (Å²) in [6, 6.07) is 3.27. The lowest BCUT2D eigenvalue weighted by Gasteiger charge is -2.02. The van der Waals surface area contributed by atoms with Crippen LogP contribution in [0.2, 0.25) is 0 Å². The first kappa shape index (κ1) is 15.4. The highest BCUT2D eigenvalue weighted by molar-refractivity contribution is 7.94. The molecule has 0 aliphatic rings. The van der Waals surface area contributed by atoms with Crippen molar-refractivity contribution in [3.63, 3.8) is 0 Å². The Balaban J connectivity index is 2.16. The molecule has 5 nitrogen and oxygen atoms in total. The number of nitrogens with zero attached hydrogens (tertiary/aromatic N) is 1. The van der Waals surface area contributed by atoms with Crippen molar-refractivity contribution in [3.8, 4) is 0 Å². The van der Waals surface area contributed by atoms with E-state index in [-0.39, 0.29) is 16.7 Å². The second-order valence-electron chi connectivity index (χ2n) is 4.53. The molecular formula is C12H16N2O3S3. The molecule has 0 aliphatic carbocycles. The number of sulfonamides is 1. The minimum atomic E-state index is -3.59. The summed E-state index contributed by atoms with van der Waals surface area (Å²) in [7, 11) is -3.59. The van der Waals surface area contributed by atoms with E-state index in [1.165, 1.54) is 11.3 Å². The molecule has 20 heavy (non-hydrogen) atoms. The van der Waals surface area contributed by atoms with Gasteiger partial charge in [0.15, 0.2) is 5.13 Å². The average Bonchev–Trinajstić information content (AvgIpc) is 2.98. The summed E-state index contributed by atoms with van der Waals surface area (Å²) in [6.45, 7) is 4.03. The van der Waals surface area contributed by atoms with Crippen molar-refractivity contribution in [2.24, 2.45) is 0 Å². The fraction of sp³-hybridized carbons (Fsp3) is 0.417. The number of anilines is 1. The first-order valence-electron chi connectivity index (χ1n) is 6.10. The average molecular weight is 332 g/mol. The van der Waals surface area contributed by atoms with Crippen LogP contribution in [0.5, 0.6) is 0 Å². The van der Waals surface area contributed by atoms with Gasteiger partial charge in [0.2, 0.25) is 0 Å². The van der Waals surface area contributed by atoms with Gasteiger partial charge < -0.3 is 5.11 Å². The van der Waals surface area contributed by atoms with Crippen LogP contribution in [0.1, 0.15) is 30.3 Å². The van der Waals surface area contributed by atoms with Crippen LogP contribution in [0.15, 0.2) is 21.7 Å². The Kier molecular flexibility index (Phi) is 4.79. The van der Waals surface area contributed by atoms with Gasteiger partial charge in [-0.1, -0.05) is 13.8 Å². The molecule has 0 amide bonds. The molecule has 0 atom stereocenters. The zero-order valence-electron chi connectivity index (χ0n) is 11.2. The van der Waals surface area contributed by atoms with Crippen LogP contribution < -0.4 is 4.72 Å². The quantitative estimate of drug-likeness (QED) is 0.852. The topological polar surface area (TPSA) is 79.3 Å². The van der Waals surface area contributed by atoms with Crippen molar-refractivity contribution < 1.29 is 13.5 Å². The van der Waals surface area contributed by atoms with Gasteiger partial charge in [-0.3, -0.25) is 4.72 Å². The predicted octanol–water partition coefficient (Wildman–Crippen LogP) is 2.66. The number of aliphatic hydroxyl groups is 1. The molecule has 2 N–H and O–H groups in total. The molecule has 0 bridgehead atoms. The summed E-state index contributed by atoms with van der Waals surface area (Å²) < 4.78 is 27.1. The van der Waals surface area contributed by atoms with Gasteiger partial charge in [0.05, 0.1) is 5.69 Å². The molecule has 2 heterocycles. The van der Waals surface area contributed by atoms with Crippen molar-refractivity contribution in [1.29, 1.82) is 0 Å². The fourth-order valence-electron chi connectivity index (χ4n) is 1.51. The van der Waals surface area contributed by atoms with Crippen molar-refractivity contribution in [2.75, 3.05) is 11.3 Å². The monoisotopic (exact) mass is 332 g/mol. The van der Waals surface area contributed by atoms with E-state index in [1.54, 1.807) is 12.1 Å². The smallest absolute Gasteiger partial charge is 0.273 e. The maximum atomic E-state index is 12.2. The molecule has 8 heteroatoms. The first-order valence-corrected chi connectivity index (χ1v) is 9.28. The molecule has 0 saturated heterocycles. The molecule has 0 aliphatic heterocycles. The summed E-state index contributed by atoms with van der Waals surface area (Å²) in [5.74, 6) is 0.266. The van der Waals surface area contributed by atoms with Crippen LogP contribution in [0.4, 0.5) is 5.13 Å². The number of thiazole rings is 1. The largest absolute Gasteiger partial charge is 0.396 e. The Morgan fingerprint density at radius 2 is 2.15 bits per heavy atom. The maximum absolute atomic E-state index is 12.2. The first-order chi connectivity index (χ1) is 9.42. The lowest BCUT2D eigenvalue weighted by atomic mass is 10.2. The summed E-state index contributed by atoms with van der Waals surface area (Å²) in [6.07, 6.45) is 0.467. The van der Waals surface area contributed by atoms with Crippen LogP contribution in [-0.4, -0.2) is 25.1 Å². The molecule has 0 fully saturated rings. The Bertz CT molecular complexity index is 674. The van der Waals surface area contributed by atoms with Crippen molar-refractivity contribution in [3.05, 3.63) is 28.1 Å². The van der Waals surface area contributed by atoms with Crippen LogP contribution in [0, 0.1) is 0 Å². The van der Waals surface area contributed by atoms with Gasteiger partial charge in [0.1, 0.15) is 4.21 Å². The van der Waals surface area contributed by atoms with Gasteiger partial charge in [0, 0.05) is 23.3 Å². The van der Waals surface area contributed by atoms with Crippen LogP contribution in [0.25, 0.3) is 0 Å². The Hall–Kier alpha value is -0.960. The normalized spacial score (nSPS) is 12.0. The third-order valence-electron chi connectivity index (χ3n) is 2.60. The van der Waals surface area contributed by atoms with Gasteiger partial charge in [0.25, 0.3) is 10.0 Å². The van der Waals surface area contributed by atoms with Crippen LogP contribution >= 0.6 is 22.7 Å². The van der Waals surface area contributed by atoms with Gasteiger partial charge >= 0.3 is 0 Å². The van der Waals surface area contributed by atoms with E-state index in [0.717, 1.165) is 21.9 Å². The van der Waals surface area contributed by atoms with Crippen LogP contribution in [-0.2, 0) is 16.4 Å². The molecule has 0 aromatic carbocycles. The molecule has 0 radical (unpaired) electrons. The maximum Gasteiger partial charge on any atom is 0.273 e. The van der Waals surface area contributed by atoms with E-state index in [0.29, 0.717) is 11.6 Å². The molecule has 110 valence electrons. The third-order valence-corrected chi connectivity index (χ3v) is 6.48. The van der Waals surface area contributed by atoms with Crippen molar-refractivity contribution in [2.45, 2.75) is 30.4 Å². The minimum absolute atomic E-state index is 0.0116. The zero-order valence-corrected chi connectivity index (χ0v) is 13.6. The van der Waals surface area contributed by atoms with Crippen molar-refractivity contribution >= 4 is 37.8 Å². The number of hydrogen-bond donors (Lipinski definition) is 2. The van der Waals surface area contributed by atoms with Gasteiger partial charge in [-0.25, -0.2) is 13.4 Å². The highest BCUT2D eigenvalue weighted by Gasteiger charge is 2.19. The molecule has 0 spiro atoms. The second-order valence-corrected chi connectivity index (χ2v) is 8.47. The number of aliphatic hydroxyl groups excluding tert-OH is 1. The van der Waals surface area contributed by atoms with Crippen LogP contribution in [0.3, 0.4) is 0 Å². The van der Waals surface area contributed by atoms with E-state index < -0.39 is 10.0 Å². The second kappa shape index (κ2) is 6.21. The van der Waals surface area contributed by atoms with E-state index in [2.05, 4.69) is 9.71 Å². The molecule has 0 unspecified atom stereocenters. The highest BCUT2D eigenvalue weighted by atomic mass is 32.2. The number of hydrogen-bond acceptors (Lipinski definition) is 6. The van der Waals surface area contributed by atoms with E-state index in [1.807, 2.05) is 19.2 Å². The Morgan fingerprint density at radius 1 is 1.40 bits per heavy atom. The molecule has 0 saturated carbocycles. The molecular weight excluding hydrogens is 316 g/mol.